The second kappa shape index (κ2) is 6.91. The first kappa shape index (κ1) is 16.8. The van der Waals surface area contributed by atoms with Crippen molar-refractivity contribution < 1.29 is 9.90 Å². The van der Waals surface area contributed by atoms with Crippen LogP contribution in [0.3, 0.4) is 0 Å². The minimum atomic E-state index is -1.02. The Morgan fingerprint density at radius 2 is 2.08 bits per heavy atom. The molecule has 4 aromatic rings. The molecule has 0 fully saturated rings. The zero-order valence-electron chi connectivity index (χ0n) is 13.5. The van der Waals surface area contributed by atoms with E-state index >= 15 is 0 Å². The van der Waals surface area contributed by atoms with Gasteiger partial charge in [-0.2, -0.15) is 0 Å². The number of hydrogen-bond donors (Lipinski definition) is 2. The molecule has 3 aromatic heterocycles. The van der Waals surface area contributed by atoms with Crippen LogP contribution >= 0.6 is 23.3 Å². The molecule has 0 saturated heterocycles. The number of nitrogens with two attached hydrogens (primary N) is 1. The highest BCUT2D eigenvalue weighted by Crippen LogP contribution is 2.28. The Morgan fingerprint density at radius 1 is 1.27 bits per heavy atom. The van der Waals surface area contributed by atoms with Crippen LogP contribution < -0.4 is 5.14 Å². The summed E-state index contributed by atoms with van der Waals surface area (Å²) in [5, 5.41) is 17.9. The molecule has 0 saturated carbocycles. The second-order valence-corrected chi connectivity index (χ2v) is 7.22. The summed E-state index contributed by atoms with van der Waals surface area (Å²) in [6, 6.07) is 10.0. The Balaban J connectivity index is 1.76. The Bertz CT molecular complexity index is 1090. The maximum Gasteiger partial charge on any atom is 0.355 e. The highest BCUT2D eigenvalue weighted by molar-refractivity contribution is 7.97. The van der Waals surface area contributed by atoms with E-state index in [1.54, 1.807) is 11.6 Å². The fourth-order valence-electron chi connectivity index (χ4n) is 2.82. The first-order chi connectivity index (χ1) is 12.7. The largest absolute Gasteiger partial charge is 0.476 e. The fourth-order valence-corrected chi connectivity index (χ4v) is 3.90. The van der Waals surface area contributed by atoms with E-state index in [0.29, 0.717) is 5.13 Å². The predicted octanol–water partition coefficient (Wildman–Crippen LogP) is 3.74. The Kier molecular flexibility index (Phi) is 4.46. The van der Waals surface area contributed by atoms with Gasteiger partial charge in [0.2, 0.25) is 0 Å². The smallest absolute Gasteiger partial charge is 0.355 e. The molecule has 0 atom stereocenters. The van der Waals surface area contributed by atoms with Gasteiger partial charge >= 0.3 is 5.97 Å². The van der Waals surface area contributed by atoms with Crippen molar-refractivity contribution in [3.8, 4) is 5.13 Å². The van der Waals surface area contributed by atoms with E-state index in [0.717, 1.165) is 33.3 Å². The van der Waals surface area contributed by atoms with Gasteiger partial charge in [0.25, 0.3) is 0 Å². The summed E-state index contributed by atoms with van der Waals surface area (Å²) in [7, 11) is 0. The van der Waals surface area contributed by atoms with E-state index in [9.17, 15) is 4.79 Å². The summed E-state index contributed by atoms with van der Waals surface area (Å²) >= 11 is 2.53. The summed E-state index contributed by atoms with van der Waals surface area (Å²) in [6.45, 7) is 0. The van der Waals surface area contributed by atoms with Crippen LogP contribution in [0.5, 0.6) is 0 Å². The number of benzene rings is 1. The predicted molar refractivity (Wildman–Crippen MR) is 103 cm³/mol. The summed E-state index contributed by atoms with van der Waals surface area (Å²) < 4.78 is 1.92. The molecule has 0 bridgehead atoms. The van der Waals surface area contributed by atoms with E-state index in [-0.39, 0.29) is 5.69 Å². The Hall–Kier alpha value is -2.68. The lowest BCUT2D eigenvalue weighted by molar-refractivity contribution is 0.0691. The molecule has 0 aliphatic rings. The van der Waals surface area contributed by atoms with Crippen molar-refractivity contribution in [2.75, 3.05) is 0 Å². The van der Waals surface area contributed by atoms with Gasteiger partial charge in [-0.25, -0.2) is 9.78 Å². The van der Waals surface area contributed by atoms with Crippen LogP contribution in [0.4, 0.5) is 0 Å². The Morgan fingerprint density at radius 3 is 2.77 bits per heavy atom. The lowest BCUT2D eigenvalue weighted by Gasteiger charge is -2.01. The minimum Gasteiger partial charge on any atom is -0.476 e. The molecule has 26 heavy (non-hydrogen) atoms. The molecule has 3 heterocycles. The minimum absolute atomic E-state index is 0.0531. The molecule has 0 aliphatic heterocycles. The third-order valence-electron chi connectivity index (χ3n) is 4.06. The highest BCUT2D eigenvalue weighted by Gasteiger charge is 2.15. The molecule has 8 heteroatoms. The first-order valence-corrected chi connectivity index (χ1v) is 9.50. The molecule has 0 spiro atoms. The average Bonchev–Trinajstić information content (AvgIpc) is 3.28. The number of rotatable bonds is 5. The number of carbonyl (C=O) groups is 1. The number of nitrogens with zero attached hydrogens (tertiary/aromatic N) is 3. The van der Waals surface area contributed by atoms with Crippen molar-refractivity contribution in [1.29, 1.82) is 0 Å². The van der Waals surface area contributed by atoms with Crippen molar-refractivity contribution in [1.82, 2.24) is 14.5 Å². The van der Waals surface area contributed by atoms with Crippen molar-refractivity contribution >= 4 is 40.2 Å². The summed E-state index contributed by atoms with van der Waals surface area (Å²) in [5.74, 6) is -1.02. The number of pyridine rings is 1. The number of carboxylic acid groups (broad SMARTS) is 1. The van der Waals surface area contributed by atoms with Gasteiger partial charge in [0, 0.05) is 34.3 Å². The van der Waals surface area contributed by atoms with Crippen molar-refractivity contribution in [3.05, 3.63) is 71.1 Å². The van der Waals surface area contributed by atoms with Crippen molar-refractivity contribution in [2.24, 2.45) is 5.14 Å². The van der Waals surface area contributed by atoms with Crippen LogP contribution in [0.25, 0.3) is 16.0 Å². The molecular weight excluding hydrogens is 368 g/mol. The van der Waals surface area contributed by atoms with Crippen molar-refractivity contribution in [2.45, 2.75) is 11.3 Å². The highest BCUT2D eigenvalue weighted by atomic mass is 32.2. The van der Waals surface area contributed by atoms with Crippen LogP contribution in [0.1, 0.15) is 21.6 Å². The number of aromatic nitrogens is 3. The van der Waals surface area contributed by atoms with Gasteiger partial charge in [0.05, 0.1) is 5.52 Å². The van der Waals surface area contributed by atoms with Gasteiger partial charge in [-0.1, -0.05) is 12.1 Å². The zero-order chi connectivity index (χ0) is 18.1. The summed E-state index contributed by atoms with van der Waals surface area (Å²) in [5.41, 5.74) is 3.28. The first-order valence-electron chi connectivity index (χ1n) is 7.74. The van der Waals surface area contributed by atoms with E-state index in [1.165, 1.54) is 23.3 Å². The molecule has 1 aromatic carbocycles. The van der Waals surface area contributed by atoms with Crippen LogP contribution in [0.2, 0.25) is 0 Å². The maximum atomic E-state index is 11.1. The monoisotopic (exact) mass is 382 g/mol. The molecule has 3 N–H and O–H groups in total. The molecule has 6 nitrogen and oxygen atoms in total. The van der Waals surface area contributed by atoms with E-state index in [4.69, 9.17) is 10.2 Å². The van der Waals surface area contributed by atoms with Crippen LogP contribution in [-0.2, 0) is 6.42 Å². The van der Waals surface area contributed by atoms with Crippen LogP contribution in [-0.4, -0.2) is 25.6 Å². The molecule has 0 aliphatic carbocycles. The molecule has 4 rings (SSSR count). The van der Waals surface area contributed by atoms with E-state index in [2.05, 4.69) is 22.1 Å². The SMILES string of the molecule is NSc1ccc(Cc2cn(-c3nc(C(=O)O)cs3)c3ccncc23)cc1. The van der Waals surface area contributed by atoms with E-state index in [1.807, 2.05) is 35.2 Å². The topological polar surface area (TPSA) is 94.0 Å². The number of aromatic carboxylic acids is 1. The average molecular weight is 382 g/mol. The van der Waals surface area contributed by atoms with Crippen LogP contribution in [0.15, 0.2) is 59.2 Å². The summed E-state index contributed by atoms with van der Waals surface area (Å²) in [6.07, 6.45) is 6.29. The Labute approximate surface area is 157 Å². The van der Waals surface area contributed by atoms with E-state index < -0.39 is 5.97 Å². The fraction of sp³-hybridized carbons (Fsp3) is 0.0556. The lowest BCUT2D eigenvalue weighted by Crippen LogP contribution is -1.98. The van der Waals surface area contributed by atoms with Crippen molar-refractivity contribution in [3.63, 3.8) is 0 Å². The van der Waals surface area contributed by atoms with Gasteiger partial charge < -0.3 is 5.11 Å². The standard InChI is InChI=1S/C18H14N4O2S2/c19-26-13-3-1-11(2-4-13)7-12-9-22(16-5-6-20-8-14(12)16)18-21-15(10-25-18)17(23)24/h1-6,8-10H,7,19H2,(H,23,24). The zero-order valence-corrected chi connectivity index (χ0v) is 15.1. The quantitative estimate of drug-likeness (QED) is 0.511. The lowest BCUT2D eigenvalue weighted by atomic mass is 10.1. The third kappa shape index (κ3) is 3.10. The number of hydrogen-bond acceptors (Lipinski definition) is 6. The molecule has 0 amide bonds. The molecule has 0 radical (unpaired) electrons. The van der Waals surface area contributed by atoms with Gasteiger partial charge in [-0.3, -0.25) is 14.7 Å². The second-order valence-electron chi connectivity index (χ2n) is 5.68. The molecule has 0 unspecified atom stereocenters. The van der Waals surface area contributed by atoms with Gasteiger partial charge in [0.1, 0.15) is 0 Å². The van der Waals surface area contributed by atoms with Gasteiger partial charge in [0.15, 0.2) is 10.8 Å². The number of thiazole rings is 1. The number of fused-ring (bicyclic) bond motifs is 1. The van der Waals surface area contributed by atoms with Gasteiger partial charge in [-0.15, -0.1) is 11.3 Å². The maximum absolute atomic E-state index is 11.1. The van der Waals surface area contributed by atoms with Crippen LogP contribution in [0, 0.1) is 0 Å². The normalized spacial score (nSPS) is 11.1. The third-order valence-corrected chi connectivity index (χ3v) is 5.44. The van der Waals surface area contributed by atoms with Gasteiger partial charge in [-0.05, 0) is 47.7 Å². The number of carboxylic acids is 1. The molecule has 130 valence electrons. The summed E-state index contributed by atoms with van der Waals surface area (Å²) in [4.78, 5) is 20.6. The molecular formula is C18H14N4O2S2.